The van der Waals surface area contributed by atoms with E-state index < -0.39 is 29.9 Å². The predicted molar refractivity (Wildman–Crippen MR) is 93.7 cm³/mol. The fourth-order valence-corrected chi connectivity index (χ4v) is 1.87. The topological polar surface area (TPSA) is 98.7 Å². The van der Waals surface area contributed by atoms with Crippen molar-refractivity contribution in [1.29, 1.82) is 0 Å². The molecular weight excluding hydrogens is 358 g/mol. The summed E-state index contributed by atoms with van der Waals surface area (Å²) in [5.74, 6) is 8.94. The van der Waals surface area contributed by atoms with Crippen molar-refractivity contribution in [3.8, 4) is 23.7 Å². The van der Waals surface area contributed by atoms with Gasteiger partial charge in [-0.05, 0) is 43.0 Å². The minimum atomic E-state index is -3.34. The number of amides is 2. The number of alkyl halides is 2. The van der Waals surface area contributed by atoms with Crippen LogP contribution in [0.2, 0.25) is 0 Å². The standard InChI is InChI=1S/C19H20F2N2O4/c1-12(2)6-4-5-7-13-8-10-14(11-9-13)16(24)22-15(17(25)23-27)19(3,26)18(20)21/h8-12,15,18,26-27H,1-3H3,(H,22,24)(H,23,25). The maximum atomic E-state index is 13.0. The largest absolute Gasteiger partial charge is 0.381 e. The normalized spacial score (nSPS) is 13.5. The van der Waals surface area contributed by atoms with Gasteiger partial charge in [-0.3, -0.25) is 14.8 Å². The van der Waals surface area contributed by atoms with E-state index in [9.17, 15) is 23.5 Å². The summed E-state index contributed by atoms with van der Waals surface area (Å²) in [5.41, 5.74) is -1.11. The summed E-state index contributed by atoms with van der Waals surface area (Å²) in [4.78, 5) is 23.8. The summed E-state index contributed by atoms with van der Waals surface area (Å²) in [5, 5.41) is 20.4. The Labute approximate surface area is 155 Å². The van der Waals surface area contributed by atoms with Gasteiger partial charge in [0.2, 0.25) is 0 Å². The molecule has 0 radical (unpaired) electrons. The third-order valence-corrected chi connectivity index (χ3v) is 3.45. The number of carbonyl (C=O) groups excluding carboxylic acids is 2. The molecule has 4 N–H and O–H groups in total. The number of hydrogen-bond acceptors (Lipinski definition) is 4. The Kier molecular flexibility index (Phi) is 7.92. The van der Waals surface area contributed by atoms with Crippen molar-refractivity contribution >= 4 is 11.8 Å². The van der Waals surface area contributed by atoms with Crippen LogP contribution in [0.1, 0.15) is 36.7 Å². The molecule has 0 aliphatic rings. The van der Waals surface area contributed by atoms with Crippen LogP contribution in [0, 0.1) is 29.6 Å². The van der Waals surface area contributed by atoms with Crippen molar-refractivity contribution in [2.45, 2.75) is 38.8 Å². The highest BCUT2D eigenvalue weighted by molar-refractivity contribution is 5.97. The van der Waals surface area contributed by atoms with Crippen LogP contribution in [0.15, 0.2) is 24.3 Å². The quantitative estimate of drug-likeness (QED) is 0.353. The van der Waals surface area contributed by atoms with Gasteiger partial charge < -0.3 is 10.4 Å². The van der Waals surface area contributed by atoms with Gasteiger partial charge in [-0.25, -0.2) is 14.3 Å². The maximum Gasteiger partial charge on any atom is 0.269 e. The number of carbonyl (C=O) groups is 2. The van der Waals surface area contributed by atoms with E-state index in [1.165, 1.54) is 24.3 Å². The molecule has 0 heterocycles. The zero-order valence-electron chi connectivity index (χ0n) is 15.0. The summed E-state index contributed by atoms with van der Waals surface area (Å²) in [7, 11) is 0. The first-order chi connectivity index (χ1) is 12.6. The Morgan fingerprint density at radius 3 is 2.22 bits per heavy atom. The lowest BCUT2D eigenvalue weighted by Crippen LogP contribution is -2.61. The van der Waals surface area contributed by atoms with Crippen LogP contribution in [0.3, 0.4) is 0 Å². The van der Waals surface area contributed by atoms with Crippen molar-refractivity contribution in [3.63, 3.8) is 0 Å². The van der Waals surface area contributed by atoms with Crippen molar-refractivity contribution < 1.29 is 28.7 Å². The Morgan fingerprint density at radius 1 is 1.15 bits per heavy atom. The molecule has 0 fully saturated rings. The van der Waals surface area contributed by atoms with E-state index in [-0.39, 0.29) is 11.5 Å². The fraction of sp³-hybridized carbons (Fsp3) is 0.368. The first-order valence-corrected chi connectivity index (χ1v) is 7.96. The maximum absolute atomic E-state index is 13.0. The third kappa shape index (κ3) is 6.37. The number of halogens is 2. The van der Waals surface area contributed by atoms with Gasteiger partial charge in [0.15, 0.2) is 5.60 Å². The van der Waals surface area contributed by atoms with E-state index in [4.69, 9.17) is 5.21 Å². The average molecular weight is 378 g/mol. The fourth-order valence-electron chi connectivity index (χ4n) is 1.87. The molecule has 0 aliphatic carbocycles. The van der Waals surface area contributed by atoms with Gasteiger partial charge in [-0.1, -0.05) is 25.7 Å². The molecule has 0 saturated carbocycles. The van der Waals surface area contributed by atoms with Gasteiger partial charge in [0.1, 0.15) is 6.04 Å². The number of benzene rings is 1. The SMILES string of the molecule is CC(C)C#CC#Cc1ccc(C(=O)NC(C(=O)NO)C(C)(O)C(F)F)cc1. The third-order valence-electron chi connectivity index (χ3n) is 3.45. The number of hydrogen-bond donors (Lipinski definition) is 4. The molecule has 0 aromatic heterocycles. The highest BCUT2D eigenvalue weighted by Gasteiger charge is 2.46. The molecule has 8 heteroatoms. The van der Waals surface area contributed by atoms with Crippen LogP contribution in [0.5, 0.6) is 0 Å². The number of hydroxylamine groups is 1. The lowest BCUT2D eigenvalue weighted by molar-refractivity contribution is -0.149. The second-order valence-electron chi connectivity index (χ2n) is 6.16. The summed E-state index contributed by atoms with van der Waals surface area (Å²) >= 11 is 0. The second kappa shape index (κ2) is 9.67. The minimum absolute atomic E-state index is 0.0506. The number of aliphatic hydroxyl groups is 1. The smallest absolute Gasteiger partial charge is 0.269 e. The van der Waals surface area contributed by atoms with Gasteiger partial charge in [0, 0.05) is 17.0 Å². The van der Waals surface area contributed by atoms with Crippen LogP contribution < -0.4 is 10.8 Å². The van der Waals surface area contributed by atoms with E-state index >= 15 is 0 Å². The molecule has 6 nitrogen and oxygen atoms in total. The summed E-state index contributed by atoms with van der Waals surface area (Å²) in [6.45, 7) is 4.53. The van der Waals surface area contributed by atoms with Crippen LogP contribution in [-0.2, 0) is 4.79 Å². The molecule has 27 heavy (non-hydrogen) atoms. The Bertz CT molecular complexity index is 797. The molecular formula is C19H20F2N2O4. The number of nitrogens with one attached hydrogen (secondary N) is 2. The Morgan fingerprint density at radius 2 is 1.74 bits per heavy atom. The lowest BCUT2D eigenvalue weighted by Gasteiger charge is -2.30. The van der Waals surface area contributed by atoms with Crippen LogP contribution in [-0.4, -0.2) is 40.2 Å². The first-order valence-electron chi connectivity index (χ1n) is 7.96. The van der Waals surface area contributed by atoms with Crippen molar-refractivity contribution in [2.75, 3.05) is 0 Å². The number of rotatable bonds is 5. The lowest BCUT2D eigenvalue weighted by atomic mass is 9.95. The van der Waals surface area contributed by atoms with Gasteiger partial charge in [-0.2, -0.15) is 0 Å². The summed E-state index contributed by atoms with van der Waals surface area (Å²) < 4.78 is 25.9. The molecule has 2 unspecified atom stereocenters. The molecule has 0 saturated heterocycles. The zero-order valence-corrected chi connectivity index (χ0v) is 15.0. The van der Waals surface area contributed by atoms with E-state index in [0.29, 0.717) is 12.5 Å². The van der Waals surface area contributed by atoms with Gasteiger partial charge in [0.05, 0.1) is 0 Å². The monoisotopic (exact) mass is 378 g/mol. The van der Waals surface area contributed by atoms with Gasteiger partial charge >= 0.3 is 0 Å². The summed E-state index contributed by atoms with van der Waals surface area (Å²) in [6.07, 6.45) is -3.34. The first kappa shape index (κ1) is 22.1. The van der Waals surface area contributed by atoms with Crippen LogP contribution in [0.4, 0.5) is 8.78 Å². The highest BCUT2D eigenvalue weighted by atomic mass is 19.3. The molecule has 0 spiro atoms. The van der Waals surface area contributed by atoms with Crippen LogP contribution >= 0.6 is 0 Å². The molecule has 2 amide bonds. The predicted octanol–water partition coefficient (Wildman–Crippen LogP) is 1.32. The van der Waals surface area contributed by atoms with E-state index in [1.807, 2.05) is 19.2 Å². The van der Waals surface area contributed by atoms with Crippen molar-refractivity contribution in [3.05, 3.63) is 35.4 Å². The van der Waals surface area contributed by atoms with Crippen LogP contribution in [0.25, 0.3) is 0 Å². The molecule has 144 valence electrons. The second-order valence-corrected chi connectivity index (χ2v) is 6.16. The van der Waals surface area contributed by atoms with E-state index in [2.05, 4.69) is 23.7 Å². The Hall–Kier alpha value is -2.94. The van der Waals surface area contributed by atoms with Gasteiger partial charge in [0.25, 0.3) is 18.2 Å². The van der Waals surface area contributed by atoms with Crippen molar-refractivity contribution in [1.82, 2.24) is 10.8 Å². The molecule has 1 aromatic carbocycles. The van der Waals surface area contributed by atoms with E-state index in [1.54, 1.807) is 0 Å². The molecule has 0 bridgehead atoms. The molecule has 1 rings (SSSR count). The molecule has 2 atom stereocenters. The van der Waals surface area contributed by atoms with E-state index in [0.717, 1.165) is 5.48 Å². The average Bonchev–Trinajstić information content (AvgIpc) is 2.62. The van der Waals surface area contributed by atoms with Gasteiger partial charge in [-0.15, -0.1) is 0 Å². The molecule has 1 aromatic rings. The minimum Gasteiger partial charge on any atom is -0.381 e. The van der Waals surface area contributed by atoms with Crippen molar-refractivity contribution in [2.24, 2.45) is 5.92 Å². The summed E-state index contributed by atoms with van der Waals surface area (Å²) in [6, 6.07) is 3.72. The highest BCUT2D eigenvalue weighted by Crippen LogP contribution is 2.20. The zero-order chi connectivity index (χ0) is 20.6. The molecule has 0 aliphatic heterocycles. The Balaban J connectivity index is 2.95.